The van der Waals surface area contributed by atoms with Crippen LogP contribution in [0.5, 0.6) is 0 Å². The SMILES string of the molecule is CC1=C(O)C(=C=O)C=CN1NC(=O)/C=C/c1ccc(F)cc1F. The van der Waals surface area contributed by atoms with E-state index in [1.807, 2.05) is 0 Å². The van der Waals surface area contributed by atoms with Gasteiger partial charge >= 0.3 is 0 Å². The zero-order valence-corrected chi connectivity index (χ0v) is 12.0. The third kappa shape index (κ3) is 3.72. The number of allylic oxidation sites excluding steroid dienone is 2. The Morgan fingerprint density at radius 3 is 2.78 bits per heavy atom. The first kappa shape index (κ1) is 16.2. The van der Waals surface area contributed by atoms with Gasteiger partial charge in [-0.2, -0.15) is 0 Å². The number of rotatable bonds is 3. The van der Waals surface area contributed by atoms with Crippen LogP contribution in [0.2, 0.25) is 0 Å². The van der Waals surface area contributed by atoms with Gasteiger partial charge in [0.1, 0.15) is 23.1 Å². The van der Waals surface area contributed by atoms with Gasteiger partial charge in [0.15, 0.2) is 5.76 Å². The van der Waals surface area contributed by atoms with Crippen LogP contribution in [-0.4, -0.2) is 22.0 Å². The van der Waals surface area contributed by atoms with E-state index in [1.54, 1.807) is 5.94 Å². The summed E-state index contributed by atoms with van der Waals surface area (Å²) >= 11 is 0. The maximum absolute atomic E-state index is 13.4. The van der Waals surface area contributed by atoms with E-state index in [4.69, 9.17) is 0 Å². The first-order chi connectivity index (χ1) is 10.9. The van der Waals surface area contributed by atoms with Crippen LogP contribution in [0.15, 0.2) is 53.6 Å². The second kappa shape index (κ2) is 6.72. The van der Waals surface area contributed by atoms with Crippen molar-refractivity contribution in [3.05, 3.63) is 70.8 Å². The highest BCUT2D eigenvalue weighted by molar-refractivity contribution is 5.91. The van der Waals surface area contributed by atoms with E-state index >= 15 is 0 Å². The highest BCUT2D eigenvalue weighted by Gasteiger charge is 2.17. The van der Waals surface area contributed by atoms with Crippen LogP contribution in [0.1, 0.15) is 12.5 Å². The highest BCUT2D eigenvalue weighted by Crippen LogP contribution is 2.19. The Labute approximate surface area is 130 Å². The molecule has 0 unspecified atom stereocenters. The van der Waals surface area contributed by atoms with Gasteiger partial charge in [-0.3, -0.25) is 15.2 Å². The minimum Gasteiger partial charge on any atom is -0.505 e. The molecule has 0 aliphatic carbocycles. The van der Waals surface area contributed by atoms with Gasteiger partial charge in [-0.15, -0.1) is 0 Å². The molecule has 0 spiro atoms. The maximum Gasteiger partial charge on any atom is 0.262 e. The van der Waals surface area contributed by atoms with Crippen LogP contribution in [0.25, 0.3) is 6.08 Å². The fourth-order valence-corrected chi connectivity index (χ4v) is 1.81. The summed E-state index contributed by atoms with van der Waals surface area (Å²) in [4.78, 5) is 22.4. The monoisotopic (exact) mass is 318 g/mol. The van der Waals surface area contributed by atoms with E-state index in [1.165, 1.54) is 36.4 Å². The largest absolute Gasteiger partial charge is 0.505 e. The number of halogens is 2. The van der Waals surface area contributed by atoms with Gasteiger partial charge in [0.05, 0.1) is 5.70 Å². The third-order valence-electron chi connectivity index (χ3n) is 3.07. The Bertz CT molecular complexity index is 791. The molecule has 0 fully saturated rings. The zero-order valence-electron chi connectivity index (χ0n) is 12.0. The number of aliphatic hydroxyl groups is 1. The molecule has 0 radical (unpaired) electrons. The number of benzene rings is 1. The van der Waals surface area contributed by atoms with Gasteiger partial charge < -0.3 is 5.11 Å². The van der Waals surface area contributed by atoms with Crippen molar-refractivity contribution in [2.75, 3.05) is 0 Å². The molecule has 1 aliphatic heterocycles. The number of amides is 1. The van der Waals surface area contributed by atoms with Crippen molar-refractivity contribution in [3.8, 4) is 0 Å². The standard InChI is InChI=1S/C16H12F2N2O3/c1-10-16(23)12(9-21)6-7-20(10)19-15(22)5-3-11-2-4-13(17)8-14(11)18/h2-8,23H,1H3,(H,19,22)/b5-3+. The van der Waals surface area contributed by atoms with Crippen molar-refractivity contribution in [1.82, 2.24) is 10.4 Å². The summed E-state index contributed by atoms with van der Waals surface area (Å²) < 4.78 is 26.2. The molecule has 1 aromatic carbocycles. The van der Waals surface area contributed by atoms with E-state index in [9.17, 15) is 23.5 Å². The molecule has 7 heteroatoms. The molecule has 0 aromatic heterocycles. The fourth-order valence-electron chi connectivity index (χ4n) is 1.81. The predicted molar refractivity (Wildman–Crippen MR) is 79.0 cm³/mol. The van der Waals surface area contributed by atoms with E-state index in [0.29, 0.717) is 6.07 Å². The Balaban J connectivity index is 2.08. The normalized spacial score (nSPS) is 14.4. The Morgan fingerprint density at radius 2 is 2.13 bits per heavy atom. The van der Waals surface area contributed by atoms with Gasteiger partial charge in [-0.05, 0) is 31.2 Å². The highest BCUT2D eigenvalue weighted by atomic mass is 19.1. The summed E-state index contributed by atoms with van der Waals surface area (Å²) in [5, 5.41) is 10.9. The summed E-state index contributed by atoms with van der Waals surface area (Å²) in [7, 11) is 0. The van der Waals surface area contributed by atoms with Crippen LogP contribution in [0.4, 0.5) is 8.78 Å². The van der Waals surface area contributed by atoms with Crippen molar-refractivity contribution in [3.63, 3.8) is 0 Å². The molecule has 1 amide bonds. The minimum atomic E-state index is -0.790. The number of nitrogens with zero attached hydrogens (tertiary/aromatic N) is 1. The molecule has 1 heterocycles. The molecular weight excluding hydrogens is 306 g/mol. The quantitative estimate of drug-likeness (QED) is 0.663. The van der Waals surface area contributed by atoms with Crippen molar-refractivity contribution in [2.24, 2.45) is 0 Å². The smallest absolute Gasteiger partial charge is 0.262 e. The predicted octanol–water partition coefficient (Wildman–Crippen LogP) is 2.39. The Morgan fingerprint density at radius 1 is 1.39 bits per heavy atom. The first-order valence-corrected chi connectivity index (χ1v) is 6.49. The minimum absolute atomic E-state index is 0.0306. The lowest BCUT2D eigenvalue weighted by atomic mass is 10.1. The van der Waals surface area contributed by atoms with Gasteiger partial charge in [0.2, 0.25) is 0 Å². The lowest BCUT2D eigenvalue weighted by Crippen LogP contribution is -2.38. The Hall–Kier alpha value is -3.18. The molecule has 0 bridgehead atoms. The first-order valence-electron chi connectivity index (χ1n) is 6.49. The van der Waals surface area contributed by atoms with Crippen molar-refractivity contribution in [2.45, 2.75) is 6.92 Å². The van der Waals surface area contributed by atoms with E-state index < -0.39 is 17.5 Å². The van der Waals surface area contributed by atoms with E-state index in [2.05, 4.69) is 5.43 Å². The molecule has 1 aliphatic rings. The van der Waals surface area contributed by atoms with Gasteiger partial charge in [0, 0.05) is 23.9 Å². The molecule has 2 N–H and O–H groups in total. The second-order valence-electron chi connectivity index (χ2n) is 4.61. The lowest BCUT2D eigenvalue weighted by molar-refractivity contribution is -0.119. The maximum atomic E-state index is 13.4. The zero-order chi connectivity index (χ0) is 17.0. The summed E-state index contributed by atoms with van der Waals surface area (Å²) in [5.41, 5.74) is 2.65. The second-order valence-corrected chi connectivity index (χ2v) is 4.61. The fraction of sp³-hybridized carbons (Fsp3) is 0.0625. The average Bonchev–Trinajstić information content (AvgIpc) is 2.51. The summed E-state index contributed by atoms with van der Waals surface area (Å²) in [6.07, 6.45) is 4.88. The van der Waals surface area contributed by atoms with Gasteiger partial charge in [-0.25, -0.2) is 13.6 Å². The van der Waals surface area contributed by atoms with Gasteiger partial charge in [0.25, 0.3) is 5.91 Å². The van der Waals surface area contributed by atoms with E-state index in [-0.39, 0.29) is 22.6 Å². The number of hydrogen-bond acceptors (Lipinski definition) is 4. The third-order valence-corrected chi connectivity index (χ3v) is 3.07. The van der Waals surface area contributed by atoms with Gasteiger partial charge in [-0.1, -0.05) is 0 Å². The van der Waals surface area contributed by atoms with Crippen LogP contribution < -0.4 is 5.43 Å². The van der Waals surface area contributed by atoms with Crippen molar-refractivity contribution in [1.29, 1.82) is 0 Å². The number of carbonyl (C=O) groups is 1. The Kier molecular flexibility index (Phi) is 4.73. The number of carbonyl (C=O) groups excluding carboxylic acids is 2. The average molecular weight is 318 g/mol. The topological polar surface area (TPSA) is 69.6 Å². The molecule has 5 nitrogen and oxygen atoms in total. The molecule has 0 atom stereocenters. The summed E-state index contributed by atoms with van der Waals surface area (Å²) in [6, 6.07) is 2.99. The number of nitrogens with one attached hydrogen (secondary N) is 1. The van der Waals surface area contributed by atoms with E-state index in [0.717, 1.165) is 12.1 Å². The van der Waals surface area contributed by atoms with Crippen molar-refractivity contribution >= 4 is 17.9 Å². The molecule has 0 saturated heterocycles. The van der Waals surface area contributed by atoms with Crippen LogP contribution in [0, 0.1) is 11.6 Å². The lowest BCUT2D eigenvalue weighted by Gasteiger charge is -2.24. The van der Waals surface area contributed by atoms with Crippen LogP contribution >= 0.6 is 0 Å². The molecule has 2 rings (SSSR count). The van der Waals surface area contributed by atoms with Crippen LogP contribution in [0.3, 0.4) is 0 Å². The molecule has 23 heavy (non-hydrogen) atoms. The molecule has 0 saturated carbocycles. The molecule has 1 aromatic rings. The number of aliphatic hydroxyl groups excluding tert-OH is 1. The molecule has 118 valence electrons. The number of hydrogen-bond donors (Lipinski definition) is 2. The summed E-state index contributed by atoms with van der Waals surface area (Å²) in [6.45, 7) is 1.49. The van der Waals surface area contributed by atoms with Crippen LogP contribution in [-0.2, 0) is 9.59 Å². The van der Waals surface area contributed by atoms with Crippen molar-refractivity contribution < 1.29 is 23.5 Å². The number of hydrazine groups is 1. The summed E-state index contributed by atoms with van der Waals surface area (Å²) in [5.74, 6) is -0.855. The molecular formula is C16H12F2N2O3.